The van der Waals surface area contributed by atoms with Gasteiger partial charge in [0.2, 0.25) is 0 Å². The third-order valence-corrected chi connectivity index (χ3v) is 4.59. The van der Waals surface area contributed by atoms with E-state index in [1.807, 2.05) is 6.07 Å². The lowest BCUT2D eigenvalue weighted by Crippen LogP contribution is -2.25. The lowest BCUT2D eigenvalue weighted by Gasteiger charge is -2.28. The maximum Gasteiger partial charge on any atom is 0.166 e. The Morgan fingerprint density at radius 1 is 1.35 bits per heavy atom. The molecule has 0 fully saturated rings. The molecule has 2 unspecified atom stereocenters. The van der Waals surface area contributed by atoms with Gasteiger partial charge >= 0.3 is 0 Å². The fourth-order valence-corrected chi connectivity index (χ4v) is 3.60. The molecule has 0 amide bonds. The zero-order valence-electron chi connectivity index (χ0n) is 12.2. The minimum Gasteiger partial charge on any atom is -0.486 e. The predicted molar refractivity (Wildman–Crippen MR) is 81.0 cm³/mol. The highest BCUT2D eigenvalue weighted by atomic mass is 35.5. The fourth-order valence-electron chi connectivity index (χ4n) is 3.30. The van der Waals surface area contributed by atoms with Crippen LogP contribution in [-0.2, 0) is 6.42 Å². The van der Waals surface area contributed by atoms with Gasteiger partial charge in [-0.05, 0) is 37.3 Å². The molecule has 2 atom stereocenters. The zero-order chi connectivity index (χ0) is 14.1. The molecule has 110 valence electrons. The van der Waals surface area contributed by atoms with Crippen molar-refractivity contribution in [3.63, 3.8) is 0 Å². The summed E-state index contributed by atoms with van der Waals surface area (Å²) in [5.41, 5.74) is 2.48. The summed E-state index contributed by atoms with van der Waals surface area (Å²) in [5.74, 6) is 2.40. The molecule has 0 saturated heterocycles. The van der Waals surface area contributed by atoms with E-state index in [4.69, 9.17) is 21.1 Å². The van der Waals surface area contributed by atoms with Crippen LogP contribution in [0.4, 0.5) is 0 Å². The molecule has 0 saturated carbocycles. The van der Waals surface area contributed by atoms with Crippen LogP contribution in [0.1, 0.15) is 43.9 Å². The van der Waals surface area contributed by atoms with E-state index < -0.39 is 0 Å². The van der Waals surface area contributed by atoms with Gasteiger partial charge in [-0.3, -0.25) is 0 Å². The highest BCUT2D eigenvalue weighted by Crippen LogP contribution is 2.46. The van der Waals surface area contributed by atoms with Crippen LogP contribution in [0.3, 0.4) is 0 Å². The summed E-state index contributed by atoms with van der Waals surface area (Å²) in [7, 11) is 0. The minimum absolute atomic E-state index is 0.307. The molecule has 20 heavy (non-hydrogen) atoms. The van der Waals surface area contributed by atoms with Crippen molar-refractivity contribution in [1.29, 1.82) is 0 Å². The first-order valence-corrected chi connectivity index (χ1v) is 7.92. The molecule has 3 rings (SSSR count). The molecule has 0 bridgehead atoms. The molecule has 1 aliphatic carbocycles. The fraction of sp³-hybridized carbons (Fsp3) is 0.625. The van der Waals surface area contributed by atoms with Gasteiger partial charge in [-0.25, -0.2) is 0 Å². The van der Waals surface area contributed by atoms with Crippen LogP contribution in [0.25, 0.3) is 0 Å². The highest BCUT2D eigenvalue weighted by Gasteiger charge is 2.30. The molecular formula is C16H22ClNO2. The number of ether oxygens (including phenoxy) is 2. The van der Waals surface area contributed by atoms with Gasteiger partial charge in [-0.1, -0.05) is 25.4 Å². The Bertz CT molecular complexity index is 504. The van der Waals surface area contributed by atoms with Crippen LogP contribution in [0.2, 0.25) is 5.02 Å². The molecule has 1 heterocycles. The quantitative estimate of drug-likeness (QED) is 0.843. The van der Waals surface area contributed by atoms with Gasteiger partial charge in [0, 0.05) is 22.7 Å². The first-order valence-electron chi connectivity index (χ1n) is 7.55. The topological polar surface area (TPSA) is 30.5 Å². The van der Waals surface area contributed by atoms with E-state index >= 15 is 0 Å². The average molecular weight is 296 g/mol. The lowest BCUT2D eigenvalue weighted by molar-refractivity contribution is 0.168. The predicted octanol–water partition coefficient (Wildman–Crippen LogP) is 3.73. The first kappa shape index (κ1) is 14.0. The summed E-state index contributed by atoms with van der Waals surface area (Å²) < 4.78 is 11.6. The van der Waals surface area contributed by atoms with Crippen molar-refractivity contribution in [2.24, 2.45) is 5.92 Å². The van der Waals surface area contributed by atoms with Gasteiger partial charge in [0.05, 0.1) is 0 Å². The molecule has 1 aliphatic heterocycles. The van der Waals surface area contributed by atoms with Crippen molar-refractivity contribution < 1.29 is 9.47 Å². The van der Waals surface area contributed by atoms with Crippen molar-refractivity contribution in [3.05, 3.63) is 22.2 Å². The smallest absolute Gasteiger partial charge is 0.166 e. The van der Waals surface area contributed by atoms with Gasteiger partial charge in [-0.2, -0.15) is 0 Å². The summed E-state index contributed by atoms with van der Waals surface area (Å²) in [5, 5.41) is 4.41. The Morgan fingerprint density at radius 3 is 2.95 bits per heavy atom. The normalized spacial score (nSPS) is 24.9. The van der Waals surface area contributed by atoms with Gasteiger partial charge in [0.1, 0.15) is 13.2 Å². The summed E-state index contributed by atoms with van der Waals surface area (Å²) in [4.78, 5) is 0. The van der Waals surface area contributed by atoms with Crippen molar-refractivity contribution >= 4 is 11.6 Å². The van der Waals surface area contributed by atoms with Gasteiger partial charge in [0.25, 0.3) is 0 Å². The molecule has 2 aliphatic rings. The maximum atomic E-state index is 6.50. The number of hydrogen-bond donors (Lipinski definition) is 1. The number of nitrogens with one attached hydrogen (secondary N) is 1. The molecule has 1 N–H and O–H groups in total. The van der Waals surface area contributed by atoms with Crippen molar-refractivity contribution in [1.82, 2.24) is 5.32 Å². The van der Waals surface area contributed by atoms with Crippen LogP contribution < -0.4 is 14.8 Å². The molecule has 3 nitrogen and oxygen atoms in total. The van der Waals surface area contributed by atoms with E-state index in [-0.39, 0.29) is 0 Å². The average Bonchev–Trinajstić information content (AvgIpc) is 2.60. The third-order valence-electron chi connectivity index (χ3n) is 4.25. The largest absolute Gasteiger partial charge is 0.486 e. The molecule has 0 radical (unpaired) electrons. The number of rotatable bonds is 2. The van der Waals surface area contributed by atoms with Crippen LogP contribution in [0.5, 0.6) is 11.5 Å². The monoisotopic (exact) mass is 295 g/mol. The van der Waals surface area contributed by atoms with Crippen LogP contribution in [0, 0.1) is 5.92 Å². The molecule has 0 spiro atoms. The van der Waals surface area contributed by atoms with Crippen molar-refractivity contribution in [3.8, 4) is 11.5 Å². The SMILES string of the molecule is CCNC1CC(C)CCc2c(Cl)cc3c(c21)OCCO3. The second kappa shape index (κ2) is 5.82. The molecule has 1 aromatic rings. The van der Waals surface area contributed by atoms with Crippen molar-refractivity contribution in [2.45, 2.75) is 39.2 Å². The number of fused-ring (bicyclic) bond motifs is 3. The molecule has 1 aromatic carbocycles. The number of hydrogen-bond acceptors (Lipinski definition) is 3. The highest BCUT2D eigenvalue weighted by molar-refractivity contribution is 6.31. The molecular weight excluding hydrogens is 274 g/mol. The van der Waals surface area contributed by atoms with Gasteiger partial charge < -0.3 is 14.8 Å². The van der Waals surface area contributed by atoms with Crippen molar-refractivity contribution in [2.75, 3.05) is 19.8 Å². The second-order valence-electron chi connectivity index (χ2n) is 5.76. The Labute approximate surface area is 125 Å². The standard InChI is InChI=1S/C16H22ClNO2/c1-3-18-13-8-10(2)4-5-11-12(17)9-14-16(15(11)13)20-7-6-19-14/h9-10,13,18H,3-8H2,1-2H3. The Balaban J connectivity index is 2.13. The zero-order valence-corrected chi connectivity index (χ0v) is 12.9. The van der Waals surface area contributed by atoms with E-state index in [9.17, 15) is 0 Å². The molecule has 0 aromatic heterocycles. The van der Waals surface area contributed by atoms with E-state index in [2.05, 4.69) is 19.2 Å². The van der Waals surface area contributed by atoms with Crippen LogP contribution >= 0.6 is 11.6 Å². The molecule has 4 heteroatoms. The summed E-state index contributed by atoms with van der Waals surface area (Å²) in [6.45, 7) is 6.62. The Hall–Kier alpha value is -0.930. The third kappa shape index (κ3) is 2.49. The van der Waals surface area contributed by atoms with E-state index in [0.717, 1.165) is 35.9 Å². The Kier molecular flexibility index (Phi) is 4.08. The van der Waals surface area contributed by atoms with Gasteiger partial charge in [0.15, 0.2) is 11.5 Å². The summed E-state index contributed by atoms with van der Waals surface area (Å²) >= 11 is 6.50. The van der Waals surface area contributed by atoms with Crippen LogP contribution in [0.15, 0.2) is 6.07 Å². The Morgan fingerprint density at radius 2 is 2.15 bits per heavy atom. The van der Waals surface area contributed by atoms with Gasteiger partial charge in [-0.15, -0.1) is 0 Å². The summed E-state index contributed by atoms with van der Waals surface area (Å²) in [6.07, 6.45) is 3.32. The lowest BCUT2D eigenvalue weighted by atomic mass is 9.95. The van der Waals surface area contributed by atoms with E-state index in [0.29, 0.717) is 25.2 Å². The van der Waals surface area contributed by atoms with E-state index in [1.54, 1.807) is 0 Å². The summed E-state index contributed by atoms with van der Waals surface area (Å²) in [6, 6.07) is 2.23. The second-order valence-corrected chi connectivity index (χ2v) is 6.17. The maximum absolute atomic E-state index is 6.50. The number of halogens is 1. The van der Waals surface area contributed by atoms with Crippen LogP contribution in [-0.4, -0.2) is 19.8 Å². The minimum atomic E-state index is 0.307. The number of benzene rings is 1. The van der Waals surface area contributed by atoms with E-state index in [1.165, 1.54) is 17.5 Å². The first-order chi connectivity index (χ1) is 9.70.